The summed E-state index contributed by atoms with van der Waals surface area (Å²) in [4.78, 5) is 22.4. The van der Waals surface area contributed by atoms with E-state index in [-0.39, 0.29) is 23.3 Å². The van der Waals surface area contributed by atoms with Gasteiger partial charge in [-0.3, -0.25) is 9.59 Å². The molecule has 0 radical (unpaired) electrons. The Morgan fingerprint density at radius 1 is 1.50 bits per heavy atom. The molecule has 2 amide bonds. The molecule has 0 saturated heterocycles. The predicted octanol–water partition coefficient (Wildman–Crippen LogP) is 1.24. The van der Waals surface area contributed by atoms with Crippen LogP contribution >= 0.6 is 0 Å². The van der Waals surface area contributed by atoms with Gasteiger partial charge in [-0.1, -0.05) is 0 Å². The van der Waals surface area contributed by atoms with Crippen molar-refractivity contribution in [3.8, 4) is 11.5 Å². The Bertz CT molecular complexity index is 525. The summed E-state index contributed by atoms with van der Waals surface area (Å²) in [7, 11) is 1.46. The lowest BCUT2D eigenvalue weighted by atomic mass is 10.00. The number of anilines is 2. The maximum Gasteiger partial charge on any atom is 0.224 e. The summed E-state index contributed by atoms with van der Waals surface area (Å²) in [5.74, 6) is -0.0137. The Morgan fingerprint density at radius 2 is 2.22 bits per heavy atom. The number of amides is 2. The first kappa shape index (κ1) is 12.2. The molecule has 0 saturated carbocycles. The molecule has 1 aliphatic rings. The molecule has 0 aromatic heterocycles. The van der Waals surface area contributed by atoms with Gasteiger partial charge in [-0.2, -0.15) is 0 Å². The van der Waals surface area contributed by atoms with Crippen molar-refractivity contribution >= 4 is 23.2 Å². The summed E-state index contributed by atoms with van der Waals surface area (Å²) >= 11 is 0. The SMILES string of the molecule is COc1cc(NC(C)=O)c(O)c2c1NC(=O)CC2. The van der Waals surface area contributed by atoms with E-state index in [0.717, 1.165) is 0 Å². The van der Waals surface area contributed by atoms with Gasteiger partial charge in [-0.25, -0.2) is 0 Å². The third-order valence-electron chi connectivity index (χ3n) is 2.76. The molecule has 1 aliphatic heterocycles. The van der Waals surface area contributed by atoms with Gasteiger partial charge in [0.05, 0.1) is 18.5 Å². The molecule has 0 spiro atoms. The highest BCUT2D eigenvalue weighted by Crippen LogP contribution is 2.43. The fourth-order valence-corrected chi connectivity index (χ4v) is 1.97. The molecule has 6 heteroatoms. The van der Waals surface area contributed by atoms with Crippen molar-refractivity contribution in [1.29, 1.82) is 0 Å². The third kappa shape index (κ3) is 2.09. The van der Waals surface area contributed by atoms with E-state index in [1.54, 1.807) is 0 Å². The molecule has 18 heavy (non-hydrogen) atoms. The number of phenolic OH excluding ortho intramolecular Hbond substituents is 1. The quantitative estimate of drug-likeness (QED) is 0.689. The van der Waals surface area contributed by atoms with E-state index in [0.29, 0.717) is 29.8 Å². The number of hydrogen-bond acceptors (Lipinski definition) is 4. The summed E-state index contributed by atoms with van der Waals surface area (Å²) in [5.41, 5.74) is 1.34. The van der Waals surface area contributed by atoms with Crippen LogP contribution in [0.15, 0.2) is 6.07 Å². The topological polar surface area (TPSA) is 87.7 Å². The lowest BCUT2D eigenvalue weighted by molar-refractivity contribution is -0.116. The van der Waals surface area contributed by atoms with E-state index in [1.807, 2.05) is 0 Å². The van der Waals surface area contributed by atoms with Gasteiger partial charge < -0.3 is 20.5 Å². The number of methoxy groups -OCH3 is 1. The molecule has 1 aromatic rings. The van der Waals surface area contributed by atoms with Crippen LogP contribution in [-0.2, 0) is 16.0 Å². The molecule has 6 nitrogen and oxygen atoms in total. The Hall–Kier alpha value is -2.24. The van der Waals surface area contributed by atoms with E-state index >= 15 is 0 Å². The number of carbonyl (C=O) groups is 2. The van der Waals surface area contributed by atoms with E-state index in [9.17, 15) is 14.7 Å². The zero-order valence-electron chi connectivity index (χ0n) is 10.2. The van der Waals surface area contributed by atoms with Gasteiger partial charge in [-0.15, -0.1) is 0 Å². The summed E-state index contributed by atoms with van der Waals surface area (Å²) in [6.07, 6.45) is 0.712. The molecular formula is C12H14N2O4. The van der Waals surface area contributed by atoms with Gasteiger partial charge >= 0.3 is 0 Å². The van der Waals surface area contributed by atoms with Crippen molar-refractivity contribution in [1.82, 2.24) is 0 Å². The standard InChI is InChI=1S/C12H14N2O4/c1-6(15)13-8-5-9(18-2)11-7(12(8)17)3-4-10(16)14-11/h5,17H,3-4H2,1-2H3,(H,13,15)(H,14,16). The first-order chi connectivity index (χ1) is 8.52. The van der Waals surface area contributed by atoms with Crippen LogP contribution in [0.2, 0.25) is 0 Å². The molecule has 0 unspecified atom stereocenters. The predicted molar refractivity (Wildman–Crippen MR) is 65.9 cm³/mol. The van der Waals surface area contributed by atoms with Gasteiger partial charge in [0.2, 0.25) is 11.8 Å². The number of phenols is 1. The fraction of sp³-hybridized carbons (Fsp3) is 0.333. The van der Waals surface area contributed by atoms with E-state index in [2.05, 4.69) is 10.6 Å². The van der Waals surface area contributed by atoms with Crippen molar-refractivity contribution in [3.63, 3.8) is 0 Å². The molecule has 3 N–H and O–H groups in total. The zero-order valence-corrected chi connectivity index (χ0v) is 10.2. The number of aromatic hydroxyl groups is 1. The van der Waals surface area contributed by atoms with Crippen molar-refractivity contribution < 1.29 is 19.4 Å². The first-order valence-corrected chi connectivity index (χ1v) is 5.53. The molecule has 1 aromatic carbocycles. The van der Waals surface area contributed by atoms with Gasteiger partial charge in [-0.05, 0) is 6.42 Å². The smallest absolute Gasteiger partial charge is 0.224 e. The molecule has 0 fully saturated rings. The second-order valence-corrected chi connectivity index (χ2v) is 4.06. The molecule has 0 atom stereocenters. The van der Waals surface area contributed by atoms with Crippen LogP contribution in [0.25, 0.3) is 0 Å². The monoisotopic (exact) mass is 250 g/mol. The Balaban J connectivity index is 2.54. The van der Waals surface area contributed by atoms with Crippen LogP contribution < -0.4 is 15.4 Å². The molecule has 0 bridgehead atoms. The van der Waals surface area contributed by atoms with Gasteiger partial charge in [0.25, 0.3) is 0 Å². The summed E-state index contributed by atoms with van der Waals surface area (Å²) < 4.78 is 5.16. The number of ether oxygens (including phenoxy) is 1. The number of fused-ring (bicyclic) bond motifs is 1. The molecule has 2 rings (SSSR count). The van der Waals surface area contributed by atoms with Gasteiger partial charge in [0.1, 0.15) is 11.5 Å². The van der Waals surface area contributed by atoms with Gasteiger partial charge in [0.15, 0.2) is 0 Å². The molecular weight excluding hydrogens is 236 g/mol. The van der Waals surface area contributed by atoms with E-state index < -0.39 is 0 Å². The van der Waals surface area contributed by atoms with Crippen molar-refractivity contribution in [3.05, 3.63) is 11.6 Å². The van der Waals surface area contributed by atoms with Crippen LogP contribution in [-0.4, -0.2) is 24.0 Å². The average Bonchev–Trinajstić information content (AvgIpc) is 2.32. The minimum absolute atomic E-state index is 0.0269. The highest BCUT2D eigenvalue weighted by molar-refractivity contribution is 5.99. The maximum atomic E-state index is 11.3. The van der Waals surface area contributed by atoms with Crippen LogP contribution in [0.1, 0.15) is 18.9 Å². The highest BCUT2D eigenvalue weighted by atomic mass is 16.5. The minimum Gasteiger partial charge on any atom is -0.505 e. The largest absolute Gasteiger partial charge is 0.505 e. The summed E-state index contributed by atoms with van der Waals surface area (Å²) in [6.45, 7) is 1.35. The number of nitrogens with one attached hydrogen (secondary N) is 2. The van der Waals surface area contributed by atoms with Crippen LogP contribution in [0.5, 0.6) is 11.5 Å². The molecule has 96 valence electrons. The van der Waals surface area contributed by atoms with Crippen LogP contribution in [0.3, 0.4) is 0 Å². The summed E-state index contributed by atoms with van der Waals surface area (Å²) in [6, 6.07) is 1.49. The van der Waals surface area contributed by atoms with Crippen LogP contribution in [0, 0.1) is 0 Å². The van der Waals surface area contributed by atoms with Crippen molar-refractivity contribution in [2.75, 3.05) is 17.7 Å². The maximum absolute atomic E-state index is 11.3. The highest BCUT2D eigenvalue weighted by Gasteiger charge is 2.24. The van der Waals surface area contributed by atoms with Crippen LogP contribution in [0.4, 0.5) is 11.4 Å². The van der Waals surface area contributed by atoms with E-state index in [1.165, 1.54) is 20.1 Å². The van der Waals surface area contributed by atoms with Gasteiger partial charge in [0, 0.05) is 25.0 Å². The Labute approximate surface area is 104 Å². The number of benzene rings is 1. The molecule has 1 heterocycles. The number of hydrogen-bond donors (Lipinski definition) is 3. The lowest BCUT2D eigenvalue weighted by Gasteiger charge is -2.22. The Morgan fingerprint density at radius 3 is 2.83 bits per heavy atom. The number of rotatable bonds is 2. The molecule has 0 aliphatic carbocycles. The zero-order chi connectivity index (χ0) is 13.3. The second kappa shape index (κ2) is 4.56. The number of carbonyl (C=O) groups excluding carboxylic acids is 2. The minimum atomic E-state index is -0.285. The lowest BCUT2D eigenvalue weighted by Crippen LogP contribution is -2.20. The Kier molecular flexibility index (Phi) is 3.10. The first-order valence-electron chi connectivity index (χ1n) is 5.53. The average molecular weight is 250 g/mol. The fourth-order valence-electron chi connectivity index (χ4n) is 1.97. The second-order valence-electron chi connectivity index (χ2n) is 4.06. The van der Waals surface area contributed by atoms with Crippen molar-refractivity contribution in [2.45, 2.75) is 19.8 Å². The normalized spacial score (nSPS) is 13.6. The summed E-state index contributed by atoms with van der Waals surface area (Å²) in [5, 5.41) is 15.3. The third-order valence-corrected chi connectivity index (χ3v) is 2.76. The van der Waals surface area contributed by atoms with E-state index in [4.69, 9.17) is 4.74 Å². The van der Waals surface area contributed by atoms with Crippen molar-refractivity contribution in [2.24, 2.45) is 0 Å².